The van der Waals surface area contributed by atoms with Crippen molar-refractivity contribution >= 4 is 5.97 Å². The predicted octanol–water partition coefficient (Wildman–Crippen LogP) is 3.16. The molecule has 0 amide bonds. The maximum Gasteiger partial charge on any atom is 0.431 e. The smallest absolute Gasteiger partial charge is 0.431 e. The molecule has 0 radical (unpaired) electrons. The first-order valence-electron chi connectivity index (χ1n) is 4.58. The summed E-state index contributed by atoms with van der Waals surface area (Å²) in [7, 11) is 0. The Kier molecular flexibility index (Phi) is 4.69. The molecule has 2 nitrogen and oxygen atoms in total. The number of hydrogen-bond donors (Lipinski definition) is 0. The zero-order chi connectivity index (χ0) is 13.1. The van der Waals surface area contributed by atoms with Crippen LogP contribution >= 0.6 is 0 Å². The summed E-state index contributed by atoms with van der Waals surface area (Å²) in [5.41, 5.74) is -1.21. The highest BCUT2D eigenvalue weighted by Crippen LogP contribution is 2.31. The molecule has 0 aromatic rings. The van der Waals surface area contributed by atoms with Crippen LogP contribution in [-0.2, 0) is 9.53 Å². The second kappa shape index (κ2) is 4.97. The van der Waals surface area contributed by atoms with Gasteiger partial charge in [-0.15, -0.1) is 0 Å². The molecule has 0 aliphatic heterocycles. The van der Waals surface area contributed by atoms with Crippen molar-refractivity contribution in [3.63, 3.8) is 0 Å². The Balaban J connectivity index is 4.74. The molecule has 0 aromatic carbocycles. The first kappa shape index (κ1) is 15.1. The van der Waals surface area contributed by atoms with Crippen LogP contribution in [0.25, 0.3) is 0 Å². The number of ether oxygens (including phenoxy) is 1. The Bertz CT molecular complexity index is 247. The highest BCUT2D eigenvalue weighted by molar-refractivity contribution is 5.76. The molecule has 0 aromatic heterocycles. The Morgan fingerprint density at radius 1 is 1.25 bits per heavy atom. The number of carbonyl (C=O) groups is 1. The molecule has 0 spiro atoms. The summed E-state index contributed by atoms with van der Waals surface area (Å²) < 4.78 is 64.1. The van der Waals surface area contributed by atoms with Gasteiger partial charge in [-0.3, -0.25) is 4.79 Å². The van der Waals surface area contributed by atoms with Crippen LogP contribution in [0.15, 0.2) is 0 Å². The van der Waals surface area contributed by atoms with Crippen LogP contribution in [0.5, 0.6) is 0 Å². The molecular weight excluding hydrogens is 235 g/mol. The molecule has 96 valence electrons. The molecule has 0 heterocycles. The lowest BCUT2D eigenvalue weighted by Gasteiger charge is -2.26. The molecule has 0 aliphatic carbocycles. The van der Waals surface area contributed by atoms with Crippen LogP contribution in [0.4, 0.5) is 22.0 Å². The highest BCUT2D eigenvalue weighted by Gasteiger charge is 2.50. The van der Waals surface area contributed by atoms with Gasteiger partial charge in [0.1, 0.15) is 0 Å². The minimum atomic E-state index is -5.26. The number of carbonyl (C=O) groups excluding carboxylic acids is 1. The zero-order valence-electron chi connectivity index (χ0n) is 9.07. The van der Waals surface area contributed by atoms with E-state index in [1.165, 1.54) is 13.8 Å². The van der Waals surface area contributed by atoms with E-state index in [0.29, 0.717) is 0 Å². The van der Waals surface area contributed by atoms with E-state index in [0.717, 1.165) is 0 Å². The van der Waals surface area contributed by atoms with Crippen LogP contribution in [0.3, 0.4) is 0 Å². The SMILES string of the molecule is CCC(C)(C)C(=O)OC(C(F)F)C(F)(F)F. The van der Waals surface area contributed by atoms with Crippen molar-refractivity contribution in [2.75, 3.05) is 0 Å². The van der Waals surface area contributed by atoms with Gasteiger partial charge in [0.25, 0.3) is 12.5 Å². The van der Waals surface area contributed by atoms with Gasteiger partial charge >= 0.3 is 12.1 Å². The maximum absolute atomic E-state index is 12.1. The lowest BCUT2D eigenvalue weighted by atomic mass is 9.90. The van der Waals surface area contributed by atoms with Crippen molar-refractivity contribution in [3.05, 3.63) is 0 Å². The minimum absolute atomic E-state index is 0.194. The van der Waals surface area contributed by atoms with Gasteiger partial charge in [0, 0.05) is 0 Å². The lowest BCUT2D eigenvalue weighted by molar-refractivity contribution is -0.252. The number of rotatable bonds is 4. The quantitative estimate of drug-likeness (QED) is 0.564. The molecule has 0 saturated carbocycles. The Hall–Kier alpha value is -0.880. The predicted molar refractivity (Wildman–Crippen MR) is 46.0 cm³/mol. The van der Waals surface area contributed by atoms with Crippen LogP contribution in [0, 0.1) is 5.41 Å². The molecule has 1 unspecified atom stereocenters. The zero-order valence-corrected chi connectivity index (χ0v) is 9.07. The molecule has 0 saturated heterocycles. The summed E-state index contributed by atoms with van der Waals surface area (Å²) in [6.07, 6.45) is -12.2. The lowest BCUT2D eigenvalue weighted by Crippen LogP contribution is -2.42. The molecule has 0 bridgehead atoms. The van der Waals surface area contributed by atoms with Crippen molar-refractivity contribution in [3.8, 4) is 0 Å². The van der Waals surface area contributed by atoms with Gasteiger partial charge in [-0.25, -0.2) is 8.78 Å². The van der Waals surface area contributed by atoms with Crippen molar-refractivity contribution in [1.82, 2.24) is 0 Å². The van der Waals surface area contributed by atoms with Crippen LogP contribution in [0.1, 0.15) is 27.2 Å². The van der Waals surface area contributed by atoms with Crippen LogP contribution in [-0.4, -0.2) is 24.7 Å². The molecule has 0 fully saturated rings. The maximum atomic E-state index is 12.1. The summed E-state index contributed by atoms with van der Waals surface area (Å²) in [6, 6.07) is 0. The fraction of sp³-hybridized carbons (Fsp3) is 0.889. The molecule has 16 heavy (non-hydrogen) atoms. The van der Waals surface area contributed by atoms with Gasteiger partial charge in [0.05, 0.1) is 5.41 Å². The normalized spacial score (nSPS) is 15.1. The number of alkyl halides is 5. The standard InChI is InChI=1S/C9H13F5O2/c1-4-8(2,3)7(15)16-5(6(10)11)9(12,13)14/h5-6H,4H2,1-3H3. The third-order valence-electron chi connectivity index (χ3n) is 2.22. The Morgan fingerprint density at radius 2 is 1.69 bits per heavy atom. The molecule has 0 N–H and O–H groups in total. The topological polar surface area (TPSA) is 26.3 Å². The van der Waals surface area contributed by atoms with Crippen LogP contribution in [0.2, 0.25) is 0 Å². The summed E-state index contributed by atoms with van der Waals surface area (Å²) in [5.74, 6) is -1.28. The van der Waals surface area contributed by atoms with E-state index in [2.05, 4.69) is 4.74 Å². The average molecular weight is 248 g/mol. The van der Waals surface area contributed by atoms with Gasteiger partial charge in [0.2, 0.25) is 0 Å². The van der Waals surface area contributed by atoms with E-state index in [1.807, 2.05) is 0 Å². The van der Waals surface area contributed by atoms with Gasteiger partial charge in [-0.1, -0.05) is 6.92 Å². The Morgan fingerprint density at radius 3 is 1.94 bits per heavy atom. The largest absolute Gasteiger partial charge is 0.446 e. The third-order valence-corrected chi connectivity index (χ3v) is 2.22. The van der Waals surface area contributed by atoms with E-state index >= 15 is 0 Å². The van der Waals surface area contributed by atoms with Gasteiger partial charge in [0.15, 0.2) is 0 Å². The van der Waals surface area contributed by atoms with Crippen molar-refractivity contribution < 1.29 is 31.5 Å². The number of halogens is 5. The van der Waals surface area contributed by atoms with E-state index in [9.17, 15) is 26.7 Å². The molecular formula is C9H13F5O2. The first-order valence-corrected chi connectivity index (χ1v) is 4.58. The van der Waals surface area contributed by atoms with Gasteiger partial charge < -0.3 is 4.74 Å². The monoisotopic (exact) mass is 248 g/mol. The van der Waals surface area contributed by atoms with Crippen molar-refractivity contribution in [2.24, 2.45) is 5.41 Å². The molecule has 1 atom stereocenters. The van der Waals surface area contributed by atoms with Gasteiger partial charge in [-0.2, -0.15) is 13.2 Å². The highest BCUT2D eigenvalue weighted by atomic mass is 19.4. The first-order chi connectivity index (χ1) is 7.02. The van der Waals surface area contributed by atoms with Crippen molar-refractivity contribution in [2.45, 2.75) is 45.9 Å². The third kappa shape index (κ3) is 3.94. The summed E-state index contributed by atoms with van der Waals surface area (Å²) >= 11 is 0. The fourth-order valence-corrected chi connectivity index (χ4v) is 0.680. The van der Waals surface area contributed by atoms with E-state index in [4.69, 9.17) is 0 Å². The average Bonchev–Trinajstić information content (AvgIpc) is 2.11. The van der Waals surface area contributed by atoms with E-state index in [1.54, 1.807) is 6.92 Å². The number of hydrogen-bond acceptors (Lipinski definition) is 2. The van der Waals surface area contributed by atoms with E-state index in [-0.39, 0.29) is 6.42 Å². The fourth-order valence-electron chi connectivity index (χ4n) is 0.680. The van der Waals surface area contributed by atoms with Crippen LogP contribution < -0.4 is 0 Å². The molecule has 7 heteroatoms. The molecule has 0 rings (SSSR count). The Labute approximate surface area is 89.8 Å². The minimum Gasteiger partial charge on any atom is -0.446 e. The van der Waals surface area contributed by atoms with E-state index < -0.39 is 30.1 Å². The second-order valence-corrected chi connectivity index (χ2v) is 3.94. The van der Waals surface area contributed by atoms with Crippen molar-refractivity contribution in [1.29, 1.82) is 0 Å². The summed E-state index contributed by atoms with van der Waals surface area (Å²) in [6.45, 7) is 4.20. The van der Waals surface area contributed by atoms with Gasteiger partial charge in [-0.05, 0) is 20.3 Å². The second-order valence-electron chi connectivity index (χ2n) is 3.94. The summed E-state index contributed by atoms with van der Waals surface area (Å²) in [5, 5.41) is 0. The summed E-state index contributed by atoms with van der Waals surface area (Å²) in [4.78, 5) is 11.2. The molecule has 0 aliphatic rings. The number of esters is 1.